The molecule has 1 N–H and O–H groups in total. The molecule has 0 spiro atoms. The van der Waals surface area contributed by atoms with E-state index in [9.17, 15) is 9.18 Å². The van der Waals surface area contributed by atoms with Crippen molar-refractivity contribution >= 4 is 11.7 Å². The molecule has 1 aliphatic rings. The largest absolute Gasteiger partial charge is 0.310 e. The highest BCUT2D eigenvalue weighted by Gasteiger charge is 2.19. The Morgan fingerprint density at radius 1 is 1.18 bits per heavy atom. The smallest absolute Gasteiger partial charge is 0.230 e. The Hall–Kier alpha value is -2.23. The van der Waals surface area contributed by atoms with Crippen LogP contribution in [0.25, 0.3) is 11.1 Å². The molecule has 0 bridgehead atoms. The summed E-state index contributed by atoms with van der Waals surface area (Å²) in [5.74, 6) is 0.323. The standard InChI is InChI=1S/C13H9FN2O/c14-11-3-1-8(2-4-11)10-5-9-6-12(17)16-13(9)15-7-10/h1-5,7H,6H2,(H,15,16,17). The Morgan fingerprint density at radius 2 is 1.94 bits per heavy atom. The Bertz CT molecular complexity index is 593. The van der Waals surface area contributed by atoms with Gasteiger partial charge in [-0.2, -0.15) is 0 Å². The van der Waals surface area contributed by atoms with E-state index in [-0.39, 0.29) is 11.7 Å². The highest BCUT2D eigenvalue weighted by Crippen LogP contribution is 2.26. The molecule has 3 rings (SSSR count). The molecular formula is C13H9FN2O. The van der Waals surface area contributed by atoms with Crippen LogP contribution in [-0.4, -0.2) is 10.9 Å². The summed E-state index contributed by atoms with van der Waals surface area (Å²) in [6.45, 7) is 0. The maximum absolute atomic E-state index is 12.8. The van der Waals surface area contributed by atoms with Gasteiger partial charge in [-0.3, -0.25) is 4.79 Å². The molecule has 0 atom stereocenters. The number of pyridine rings is 1. The molecule has 84 valence electrons. The SMILES string of the molecule is O=C1Cc2cc(-c3ccc(F)cc3)cnc2N1. The van der Waals surface area contributed by atoms with Gasteiger partial charge in [0.25, 0.3) is 0 Å². The van der Waals surface area contributed by atoms with Crippen LogP contribution in [0.3, 0.4) is 0 Å². The molecule has 17 heavy (non-hydrogen) atoms. The zero-order valence-corrected chi connectivity index (χ0v) is 8.90. The van der Waals surface area contributed by atoms with E-state index in [2.05, 4.69) is 10.3 Å². The van der Waals surface area contributed by atoms with Crippen molar-refractivity contribution in [3.05, 3.63) is 47.9 Å². The highest BCUT2D eigenvalue weighted by molar-refractivity contribution is 5.98. The van der Waals surface area contributed by atoms with E-state index in [0.29, 0.717) is 12.2 Å². The highest BCUT2D eigenvalue weighted by atomic mass is 19.1. The van der Waals surface area contributed by atoms with Gasteiger partial charge in [0.05, 0.1) is 6.42 Å². The van der Waals surface area contributed by atoms with Gasteiger partial charge in [0, 0.05) is 17.3 Å². The first-order valence-electron chi connectivity index (χ1n) is 5.27. The number of aromatic nitrogens is 1. The molecule has 0 radical (unpaired) electrons. The lowest BCUT2D eigenvalue weighted by molar-refractivity contribution is -0.115. The third-order valence-electron chi connectivity index (χ3n) is 2.75. The van der Waals surface area contributed by atoms with Gasteiger partial charge in [0.1, 0.15) is 11.6 Å². The second-order valence-electron chi connectivity index (χ2n) is 3.96. The monoisotopic (exact) mass is 228 g/mol. The number of amides is 1. The van der Waals surface area contributed by atoms with Gasteiger partial charge in [-0.1, -0.05) is 12.1 Å². The molecule has 0 unspecified atom stereocenters. The summed E-state index contributed by atoms with van der Waals surface area (Å²) in [6.07, 6.45) is 2.04. The summed E-state index contributed by atoms with van der Waals surface area (Å²) in [4.78, 5) is 15.4. The van der Waals surface area contributed by atoms with E-state index in [1.807, 2.05) is 6.07 Å². The molecule has 3 nitrogen and oxygen atoms in total. The predicted molar refractivity (Wildman–Crippen MR) is 62.0 cm³/mol. The lowest BCUT2D eigenvalue weighted by Gasteiger charge is -2.03. The van der Waals surface area contributed by atoms with Crippen LogP contribution in [0.5, 0.6) is 0 Å². The number of rotatable bonds is 1. The lowest BCUT2D eigenvalue weighted by Crippen LogP contribution is -2.04. The van der Waals surface area contributed by atoms with Crippen molar-refractivity contribution in [2.45, 2.75) is 6.42 Å². The number of nitrogens with zero attached hydrogens (tertiary/aromatic N) is 1. The van der Waals surface area contributed by atoms with Crippen molar-refractivity contribution in [1.82, 2.24) is 4.98 Å². The van der Waals surface area contributed by atoms with Gasteiger partial charge < -0.3 is 5.32 Å². The maximum atomic E-state index is 12.8. The normalized spacial score (nSPS) is 13.4. The predicted octanol–water partition coefficient (Wildman–Crippen LogP) is 2.38. The molecule has 0 saturated heterocycles. The van der Waals surface area contributed by atoms with E-state index >= 15 is 0 Å². The fraction of sp³-hybridized carbons (Fsp3) is 0.0769. The van der Waals surface area contributed by atoms with E-state index in [1.165, 1.54) is 12.1 Å². The van der Waals surface area contributed by atoms with Crippen molar-refractivity contribution < 1.29 is 9.18 Å². The van der Waals surface area contributed by atoms with E-state index in [4.69, 9.17) is 0 Å². The van der Waals surface area contributed by atoms with Gasteiger partial charge in [-0.05, 0) is 23.8 Å². The van der Waals surface area contributed by atoms with Crippen LogP contribution < -0.4 is 5.32 Å². The first kappa shape index (κ1) is 9.96. The van der Waals surface area contributed by atoms with Crippen LogP contribution in [0.4, 0.5) is 10.2 Å². The molecule has 1 aromatic carbocycles. The average Bonchev–Trinajstić information content (AvgIpc) is 2.69. The molecule has 0 saturated carbocycles. The number of nitrogens with one attached hydrogen (secondary N) is 1. The zero-order valence-electron chi connectivity index (χ0n) is 8.90. The molecular weight excluding hydrogens is 219 g/mol. The minimum absolute atomic E-state index is 0.0382. The van der Waals surface area contributed by atoms with E-state index in [1.54, 1.807) is 18.3 Å². The Labute approximate surface area is 97.3 Å². The van der Waals surface area contributed by atoms with Crippen LogP contribution in [0.2, 0.25) is 0 Å². The Balaban J connectivity index is 2.03. The quantitative estimate of drug-likeness (QED) is 0.814. The summed E-state index contributed by atoms with van der Waals surface area (Å²) in [6, 6.07) is 8.12. The second kappa shape index (κ2) is 3.66. The number of halogens is 1. The zero-order chi connectivity index (χ0) is 11.8. The van der Waals surface area contributed by atoms with Gasteiger partial charge in [-0.15, -0.1) is 0 Å². The second-order valence-corrected chi connectivity index (χ2v) is 3.96. The van der Waals surface area contributed by atoms with Crippen LogP contribution in [0.15, 0.2) is 36.5 Å². The molecule has 1 amide bonds. The van der Waals surface area contributed by atoms with E-state index in [0.717, 1.165) is 16.7 Å². The van der Waals surface area contributed by atoms with E-state index < -0.39 is 0 Å². The molecule has 0 fully saturated rings. The minimum atomic E-state index is -0.264. The van der Waals surface area contributed by atoms with Gasteiger partial charge in [0.15, 0.2) is 0 Å². The van der Waals surface area contributed by atoms with Gasteiger partial charge in [0.2, 0.25) is 5.91 Å². The summed E-state index contributed by atoms with van der Waals surface area (Å²) in [7, 11) is 0. The summed E-state index contributed by atoms with van der Waals surface area (Å²) in [5, 5.41) is 2.68. The van der Waals surface area contributed by atoms with Crippen LogP contribution >= 0.6 is 0 Å². The molecule has 4 heteroatoms. The fourth-order valence-electron chi connectivity index (χ4n) is 1.91. The van der Waals surface area contributed by atoms with Crippen molar-refractivity contribution in [1.29, 1.82) is 0 Å². The van der Waals surface area contributed by atoms with Crippen molar-refractivity contribution in [2.24, 2.45) is 0 Å². The summed E-state index contributed by atoms with van der Waals surface area (Å²) >= 11 is 0. The van der Waals surface area contributed by atoms with Crippen LogP contribution in [0, 0.1) is 5.82 Å². The van der Waals surface area contributed by atoms with Crippen molar-refractivity contribution in [3.8, 4) is 11.1 Å². The van der Waals surface area contributed by atoms with Crippen molar-refractivity contribution in [3.63, 3.8) is 0 Å². The van der Waals surface area contributed by atoms with Gasteiger partial charge in [-0.25, -0.2) is 9.37 Å². The molecule has 2 heterocycles. The average molecular weight is 228 g/mol. The maximum Gasteiger partial charge on any atom is 0.230 e. The number of hydrogen-bond acceptors (Lipinski definition) is 2. The number of hydrogen-bond donors (Lipinski definition) is 1. The topological polar surface area (TPSA) is 42.0 Å². The third-order valence-corrected chi connectivity index (χ3v) is 2.75. The minimum Gasteiger partial charge on any atom is -0.310 e. The number of anilines is 1. The summed E-state index contributed by atoms with van der Waals surface area (Å²) in [5.41, 5.74) is 2.66. The van der Waals surface area contributed by atoms with Crippen LogP contribution in [0.1, 0.15) is 5.56 Å². The van der Waals surface area contributed by atoms with Crippen molar-refractivity contribution in [2.75, 3.05) is 5.32 Å². The number of benzene rings is 1. The number of carbonyl (C=O) groups excluding carboxylic acids is 1. The molecule has 0 aliphatic carbocycles. The first-order valence-corrected chi connectivity index (χ1v) is 5.27. The van der Waals surface area contributed by atoms with Crippen LogP contribution in [-0.2, 0) is 11.2 Å². The first-order chi connectivity index (χ1) is 8.22. The Morgan fingerprint density at radius 3 is 2.71 bits per heavy atom. The third kappa shape index (κ3) is 1.78. The Kier molecular flexibility index (Phi) is 2.14. The fourth-order valence-corrected chi connectivity index (χ4v) is 1.91. The molecule has 2 aromatic rings. The number of carbonyl (C=O) groups is 1. The van der Waals surface area contributed by atoms with Gasteiger partial charge >= 0.3 is 0 Å². The molecule has 1 aromatic heterocycles. The molecule has 1 aliphatic heterocycles. The summed E-state index contributed by atoms with van der Waals surface area (Å²) < 4.78 is 12.8. The number of fused-ring (bicyclic) bond motifs is 1. The lowest BCUT2D eigenvalue weighted by atomic mass is 10.1.